The standard InChI is InChI=1S/C15H17N3O2S/c1-11-3-5-12(6-4-11)21-10-9-16-15(20)13-7-8-14(19)18(2)17-13/h3-8H,9-10H2,1-2H3,(H,16,20). The summed E-state index contributed by atoms with van der Waals surface area (Å²) in [5.74, 6) is 0.510. The van der Waals surface area contributed by atoms with Gasteiger partial charge in [0.2, 0.25) is 0 Å². The summed E-state index contributed by atoms with van der Waals surface area (Å²) in [7, 11) is 1.52. The van der Waals surface area contributed by atoms with Crippen molar-refractivity contribution in [2.24, 2.45) is 7.05 Å². The van der Waals surface area contributed by atoms with Crippen LogP contribution in [0.2, 0.25) is 0 Å². The summed E-state index contributed by atoms with van der Waals surface area (Å²) in [4.78, 5) is 24.2. The Kier molecular flexibility index (Phi) is 5.16. The van der Waals surface area contributed by atoms with Crippen LogP contribution in [0.4, 0.5) is 0 Å². The molecule has 0 atom stereocenters. The number of aromatic nitrogens is 2. The van der Waals surface area contributed by atoms with Gasteiger partial charge < -0.3 is 5.32 Å². The number of nitrogens with zero attached hydrogens (tertiary/aromatic N) is 2. The fourth-order valence-electron chi connectivity index (χ4n) is 1.68. The molecule has 0 bridgehead atoms. The Morgan fingerprint density at radius 3 is 2.62 bits per heavy atom. The zero-order chi connectivity index (χ0) is 15.2. The minimum atomic E-state index is -0.268. The summed E-state index contributed by atoms with van der Waals surface area (Å²) < 4.78 is 1.15. The Hall–Kier alpha value is -2.08. The highest BCUT2D eigenvalue weighted by atomic mass is 32.2. The van der Waals surface area contributed by atoms with E-state index in [9.17, 15) is 9.59 Å². The second-order valence-electron chi connectivity index (χ2n) is 4.60. The summed E-state index contributed by atoms with van der Waals surface area (Å²) in [6.07, 6.45) is 0. The number of aryl methyl sites for hydroxylation is 2. The average molecular weight is 303 g/mol. The van der Waals surface area contributed by atoms with Gasteiger partial charge in [-0.15, -0.1) is 11.8 Å². The van der Waals surface area contributed by atoms with Crippen molar-refractivity contribution in [3.05, 3.63) is 58.0 Å². The zero-order valence-corrected chi connectivity index (χ0v) is 12.8. The lowest BCUT2D eigenvalue weighted by Crippen LogP contribution is -2.29. The Morgan fingerprint density at radius 1 is 1.24 bits per heavy atom. The van der Waals surface area contributed by atoms with Crippen molar-refractivity contribution in [2.45, 2.75) is 11.8 Å². The van der Waals surface area contributed by atoms with Gasteiger partial charge in [0.05, 0.1) is 0 Å². The van der Waals surface area contributed by atoms with Crippen LogP contribution in [0, 0.1) is 6.92 Å². The third-order valence-electron chi connectivity index (χ3n) is 2.87. The number of carbonyl (C=O) groups is 1. The van der Waals surface area contributed by atoms with Crippen molar-refractivity contribution < 1.29 is 4.79 Å². The zero-order valence-electron chi connectivity index (χ0n) is 12.0. The fourth-order valence-corrected chi connectivity index (χ4v) is 2.45. The van der Waals surface area contributed by atoms with E-state index in [1.807, 2.05) is 0 Å². The van der Waals surface area contributed by atoms with E-state index in [1.54, 1.807) is 11.8 Å². The number of rotatable bonds is 5. The maximum absolute atomic E-state index is 11.9. The molecule has 0 fully saturated rings. The molecule has 0 spiro atoms. The van der Waals surface area contributed by atoms with Crippen LogP contribution < -0.4 is 10.9 Å². The predicted molar refractivity (Wildman–Crippen MR) is 83.7 cm³/mol. The van der Waals surface area contributed by atoms with Gasteiger partial charge in [0.25, 0.3) is 11.5 Å². The molecule has 2 rings (SSSR count). The molecule has 1 N–H and O–H groups in total. The molecule has 1 heterocycles. The molecule has 1 aromatic heterocycles. The molecule has 5 nitrogen and oxygen atoms in total. The topological polar surface area (TPSA) is 64.0 Å². The van der Waals surface area contributed by atoms with Crippen LogP contribution >= 0.6 is 11.8 Å². The highest BCUT2D eigenvalue weighted by Crippen LogP contribution is 2.17. The SMILES string of the molecule is Cc1ccc(SCCNC(=O)c2ccc(=O)n(C)n2)cc1. The number of hydrogen-bond acceptors (Lipinski definition) is 4. The maximum atomic E-state index is 11.9. The molecular weight excluding hydrogens is 286 g/mol. The summed E-state index contributed by atoms with van der Waals surface area (Å²) in [5, 5.41) is 6.69. The first-order chi connectivity index (χ1) is 10.1. The highest BCUT2D eigenvalue weighted by molar-refractivity contribution is 7.99. The van der Waals surface area contributed by atoms with Crippen LogP contribution in [0.5, 0.6) is 0 Å². The van der Waals surface area contributed by atoms with Crippen molar-refractivity contribution >= 4 is 17.7 Å². The molecule has 0 aliphatic heterocycles. The van der Waals surface area contributed by atoms with Gasteiger partial charge in [-0.1, -0.05) is 17.7 Å². The van der Waals surface area contributed by atoms with Gasteiger partial charge in [-0.05, 0) is 25.1 Å². The Balaban J connectivity index is 1.80. The average Bonchev–Trinajstić information content (AvgIpc) is 2.48. The lowest BCUT2D eigenvalue weighted by molar-refractivity contribution is 0.0949. The largest absolute Gasteiger partial charge is 0.350 e. The first-order valence-electron chi connectivity index (χ1n) is 6.58. The van der Waals surface area contributed by atoms with Gasteiger partial charge in [0.15, 0.2) is 0 Å². The summed E-state index contributed by atoms with van der Waals surface area (Å²) in [6, 6.07) is 11.0. The molecule has 1 amide bonds. The first-order valence-corrected chi connectivity index (χ1v) is 7.57. The van der Waals surface area contributed by atoms with E-state index in [-0.39, 0.29) is 17.2 Å². The lowest BCUT2D eigenvalue weighted by atomic mass is 10.2. The van der Waals surface area contributed by atoms with Crippen molar-refractivity contribution in [1.29, 1.82) is 0 Å². The number of benzene rings is 1. The quantitative estimate of drug-likeness (QED) is 0.673. The molecule has 0 unspecified atom stereocenters. The third kappa shape index (κ3) is 4.46. The van der Waals surface area contributed by atoms with Gasteiger partial charge in [0.1, 0.15) is 5.69 Å². The van der Waals surface area contributed by atoms with E-state index in [0.717, 1.165) is 10.4 Å². The minimum absolute atomic E-state index is 0.235. The molecular formula is C15H17N3O2S. The van der Waals surface area contributed by atoms with Crippen molar-refractivity contribution in [1.82, 2.24) is 15.1 Å². The monoisotopic (exact) mass is 303 g/mol. The number of hydrogen-bond donors (Lipinski definition) is 1. The molecule has 0 radical (unpaired) electrons. The molecule has 110 valence electrons. The van der Waals surface area contributed by atoms with Crippen LogP contribution in [0.3, 0.4) is 0 Å². The minimum Gasteiger partial charge on any atom is -0.350 e. The van der Waals surface area contributed by atoms with Crippen molar-refractivity contribution in [2.75, 3.05) is 12.3 Å². The molecule has 0 saturated carbocycles. The number of nitrogens with one attached hydrogen (secondary N) is 1. The van der Waals surface area contributed by atoms with E-state index in [0.29, 0.717) is 6.54 Å². The lowest BCUT2D eigenvalue weighted by Gasteiger charge is -2.05. The molecule has 0 aliphatic rings. The van der Waals surface area contributed by atoms with Gasteiger partial charge in [-0.25, -0.2) is 4.68 Å². The molecule has 6 heteroatoms. The van der Waals surface area contributed by atoms with Gasteiger partial charge in [0, 0.05) is 30.3 Å². The molecule has 1 aromatic carbocycles. The van der Waals surface area contributed by atoms with E-state index in [1.165, 1.54) is 29.6 Å². The van der Waals surface area contributed by atoms with E-state index in [4.69, 9.17) is 0 Å². The Bertz CT molecular complexity index is 680. The number of thioether (sulfide) groups is 1. The van der Waals surface area contributed by atoms with E-state index < -0.39 is 0 Å². The molecule has 21 heavy (non-hydrogen) atoms. The first kappa shape index (κ1) is 15.3. The smallest absolute Gasteiger partial charge is 0.271 e. The van der Waals surface area contributed by atoms with E-state index >= 15 is 0 Å². The maximum Gasteiger partial charge on any atom is 0.271 e. The van der Waals surface area contributed by atoms with Gasteiger partial charge in [-0.2, -0.15) is 5.10 Å². The number of carbonyl (C=O) groups excluding carboxylic acids is 1. The summed E-state index contributed by atoms with van der Waals surface area (Å²) in [5.41, 5.74) is 1.24. The van der Waals surface area contributed by atoms with Crippen molar-refractivity contribution in [3.63, 3.8) is 0 Å². The normalized spacial score (nSPS) is 10.4. The summed E-state index contributed by atoms with van der Waals surface area (Å²) >= 11 is 1.68. The van der Waals surface area contributed by atoms with Crippen molar-refractivity contribution in [3.8, 4) is 0 Å². The summed E-state index contributed by atoms with van der Waals surface area (Å²) in [6.45, 7) is 2.59. The van der Waals surface area contributed by atoms with Gasteiger partial charge in [-0.3, -0.25) is 9.59 Å². The second kappa shape index (κ2) is 7.08. The molecule has 2 aromatic rings. The van der Waals surface area contributed by atoms with Crippen LogP contribution in [-0.2, 0) is 7.05 Å². The van der Waals surface area contributed by atoms with Gasteiger partial charge >= 0.3 is 0 Å². The van der Waals surface area contributed by atoms with Crippen LogP contribution in [0.1, 0.15) is 16.1 Å². The van der Waals surface area contributed by atoms with Crippen LogP contribution in [0.15, 0.2) is 46.1 Å². The number of amides is 1. The predicted octanol–water partition coefficient (Wildman–Crippen LogP) is 1.61. The molecule has 0 saturated heterocycles. The van der Waals surface area contributed by atoms with Crippen LogP contribution in [-0.4, -0.2) is 28.0 Å². The van der Waals surface area contributed by atoms with Crippen LogP contribution in [0.25, 0.3) is 0 Å². The Labute approximate surface area is 127 Å². The highest BCUT2D eigenvalue weighted by Gasteiger charge is 2.07. The second-order valence-corrected chi connectivity index (χ2v) is 5.77. The Morgan fingerprint density at radius 2 is 1.95 bits per heavy atom. The fraction of sp³-hybridized carbons (Fsp3) is 0.267. The third-order valence-corrected chi connectivity index (χ3v) is 3.88. The van der Waals surface area contributed by atoms with E-state index in [2.05, 4.69) is 41.6 Å². The molecule has 0 aliphatic carbocycles.